The second kappa shape index (κ2) is 4.04. The van der Waals surface area contributed by atoms with Gasteiger partial charge in [0.2, 0.25) is 0 Å². The van der Waals surface area contributed by atoms with Crippen molar-refractivity contribution < 1.29 is 0 Å². The van der Waals surface area contributed by atoms with Gasteiger partial charge in [-0.1, -0.05) is 0 Å². The van der Waals surface area contributed by atoms with Crippen molar-refractivity contribution in [3.63, 3.8) is 0 Å². The lowest BCUT2D eigenvalue weighted by molar-refractivity contribution is 0.0512. The number of nitrogens with zero attached hydrogens (tertiary/aromatic N) is 2. The molecule has 0 amide bonds. The Morgan fingerprint density at radius 1 is 1.00 bits per heavy atom. The second-order valence-electron chi connectivity index (χ2n) is 5.67. The van der Waals surface area contributed by atoms with Gasteiger partial charge < -0.3 is 10.6 Å². The minimum atomic E-state index is 0.500. The van der Waals surface area contributed by atoms with Crippen molar-refractivity contribution in [3.8, 4) is 0 Å². The molecule has 0 unspecified atom stereocenters. The minimum Gasteiger partial charge on any atom is -0.328 e. The number of rotatable bonds is 3. The molecule has 0 aromatic heterocycles. The molecule has 0 aromatic carbocycles. The maximum atomic E-state index is 5.84. The van der Waals surface area contributed by atoms with E-state index in [4.69, 9.17) is 5.73 Å². The van der Waals surface area contributed by atoms with E-state index < -0.39 is 0 Å². The zero-order valence-corrected chi connectivity index (χ0v) is 9.57. The van der Waals surface area contributed by atoms with Crippen molar-refractivity contribution in [1.82, 2.24) is 9.80 Å². The summed E-state index contributed by atoms with van der Waals surface area (Å²) in [7, 11) is 0. The molecule has 0 aromatic rings. The first-order chi connectivity index (χ1) is 7.31. The van der Waals surface area contributed by atoms with Crippen LogP contribution < -0.4 is 5.73 Å². The van der Waals surface area contributed by atoms with Crippen molar-refractivity contribution in [1.29, 1.82) is 0 Å². The van der Waals surface area contributed by atoms with Crippen LogP contribution in [0.15, 0.2) is 0 Å². The van der Waals surface area contributed by atoms with Gasteiger partial charge in [-0.25, -0.2) is 0 Å². The topological polar surface area (TPSA) is 32.5 Å². The Kier molecular flexibility index (Phi) is 2.71. The quantitative estimate of drug-likeness (QED) is 0.735. The Hall–Kier alpha value is -0.120. The van der Waals surface area contributed by atoms with Gasteiger partial charge >= 0.3 is 0 Å². The van der Waals surface area contributed by atoms with Crippen molar-refractivity contribution in [2.75, 3.05) is 32.7 Å². The van der Waals surface area contributed by atoms with Crippen LogP contribution in [0.3, 0.4) is 0 Å². The molecule has 2 aliphatic carbocycles. The molecule has 0 radical (unpaired) electrons. The average molecular weight is 209 g/mol. The van der Waals surface area contributed by atoms with E-state index in [-0.39, 0.29) is 0 Å². The molecular weight excluding hydrogens is 186 g/mol. The lowest BCUT2D eigenvalue weighted by Gasteiger charge is -2.45. The molecule has 0 bridgehead atoms. The van der Waals surface area contributed by atoms with Gasteiger partial charge in [0.25, 0.3) is 0 Å². The lowest BCUT2D eigenvalue weighted by atomic mass is 9.86. The molecule has 2 saturated carbocycles. The van der Waals surface area contributed by atoms with Gasteiger partial charge in [-0.15, -0.1) is 0 Å². The fourth-order valence-corrected chi connectivity index (χ4v) is 2.90. The summed E-state index contributed by atoms with van der Waals surface area (Å²) in [6, 6.07) is 1.32. The van der Waals surface area contributed by atoms with Gasteiger partial charge in [-0.05, 0) is 31.6 Å². The summed E-state index contributed by atoms with van der Waals surface area (Å²) in [5, 5.41) is 0. The van der Waals surface area contributed by atoms with E-state index in [1.54, 1.807) is 0 Å². The van der Waals surface area contributed by atoms with Crippen molar-refractivity contribution in [2.24, 2.45) is 11.7 Å². The molecule has 86 valence electrons. The number of hydrogen-bond acceptors (Lipinski definition) is 3. The lowest BCUT2D eigenvalue weighted by Crippen LogP contribution is -2.57. The first kappa shape index (κ1) is 10.1. The molecular formula is C12H23N3. The summed E-state index contributed by atoms with van der Waals surface area (Å²) in [5.74, 6) is 1.05. The molecule has 3 heteroatoms. The Labute approximate surface area is 92.6 Å². The summed E-state index contributed by atoms with van der Waals surface area (Å²) in [5.41, 5.74) is 5.84. The van der Waals surface area contributed by atoms with E-state index in [0.29, 0.717) is 6.04 Å². The highest BCUT2D eigenvalue weighted by Gasteiger charge is 2.33. The molecule has 3 fully saturated rings. The van der Waals surface area contributed by atoms with Gasteiger partial charge in [0.15, 0.2) is 0 Å². The van der Waals surface area contributed by atoms with Gasteiger partial charge in [0.05, 0.1) is 0 Å². The first-order valence-corrected chi connectivity index (χ1v) is 6.53. The fraction of sp³-hybridized carbons (Fsp3) is 1.00. The summed E-state index contributed by atoms with van der Waals surface area (Å²) in [4.78, 5) is 5.32. The average Bonchev–Trinajstić information content (AvgIpc) is 2.99. The SMILES string of the molecule is NC1CC(N2CCN(CC3CC3)CC2)C1. The predicted molar refractivity (Wildman–Crippen MR) is 61.7 cm³/mol. The summed E-state index contributed by atoms with van der Waals surface area (Å²) in [6.07, 6.45) is 5.45. The van der Waals surface area contributed by atoms with Crippen LogP contribution in [0.5, 0.6) is 0 Å². The van der Waals surface area contributed by atoms with Crippen LogP contribution in [0.2, 0.25) is 0 Å². The molecule has 0 spiro atoms. The highest BCUT2D eigenvalue weighted by atomic mass is 15.3. The van der Waals surface area contributed by atoms with E-state index in [1.807, 2.05) is 0 Å². The van der Waals surface area contributed by atoms with Crippen LogP contribution >= 0.6 is 0 Å². The maximum Gasteiger partial charge on any atom is 0.0126 e. The Balaban J connectivity index is 1.40. The third kappa shape index (κ3) is 2.35. The minimum absolute atomic E-state index is 0.500. The molecule has 2 N–H and O–H groups in total. The van der Waals surface area contributed by atoms with E-state index >= 15 is 0 Å². The third-order valence-corrected chi connectivity index (χ3v) is 4.29. The van der Waals surface area contributed by atoms with Crippen LogP contribution in [0.4, 0.5) is 0 Å². The monoisotopic (exact) mass is 209 g/mol. The Bertz CT molecular complexity index is 213. The van der Waals surface area contributed by atoms with E-state index in [1.165, 1.54) is 58.4 Å². The van der Waals surface area contributed by atoms with Crippen LogP contribution in [0.25, 0.3) is 0 Å². The van der Waals surface area contributed by atoms with Gasteiger partial charge in [-0.3, -0.25) is 4.90 Å². The van der Waals surface area contributed by atoms with Gasteiger partial charge in [0.1, 0.15) is 0 Å². The number of hydrogen-bond donors (Lipinski definition) is 1. The summed E-state index contributed by atoms with van der Waals surface area (Å²) < 4.78 is 0. The smallest absolute Gasteiger partial charge is 0.0126 e. The second-order valence-corrected chi connectivity index (χ2v) is 5.67. The van der Waals surface area contributed by atoms with Crippen LogP contribution in [-0.4, -0.2) is 54.6 Å². The molecule has 3 rings (SSSR count). The molecule has 0 atom stereocenters. The Morgan fingerprint density at radius 3 is 2.20 bits per heavy atom. The molecule has 1 heterocycles. The van der Waals surface area contributed by atoms with E-state index in [2.05, 4.69) is 9.80 Å². The zero-order valence-electron chi connectivity index (χ0n) is 9.57. The number of piperazine rings is 1. The molecule has 1 aliphatic heterocycles. The Morgan fingerprint density at radius 2 is 1.67 bits per heavy atom. The van der Waals surface area contributed by atoms with Crippen molar-refractivity contribution >= 4 is 0 Å². The summed E-state index contributed by atoms with van der Waals surface area (Å²) in [6.45, 7) is 6.52. The molecule has 3 nitrogen and oxygen atoms in total. The van der Waals surface area contributed by atoms with Crippen LogP contribution in [0.1, 0.15) is 25.7 Å². The first-order valence-electron chi connectivity index (χ1n) is 6.53. The van der Waals surface area contributed by atoms with E-state index in [9.17, 15) is 0 Å². The van der Waals surface area contributed by atoms with Gasteiger partial charge in [0, 0.05) is 44.8 Å². The normalized spacial score (nSPS) is 39.0. The van der Waals surface area contributed by atoms with Crippen LogP contribution in [0, 0.1) is 5.92 Å². The predicted octanol–water partition coefficient (Wildman–Crippen LogP) is 0.504. The highest BCUT2D eigenvalue weighted by molar-refractivity contribution is 4.92. The molecule has 1 saturated heterocycles. The highest BCUT2D eigenvalue weighted by Crippen LogP contribution is 2.30. The van der Waals surface area contributed by atoms with Crippen LogP contribution in [-0.2, 0) is 0 Å². The zero-order chi connectivity index (χ0) is 10.3. The fourth-order valence-electron chi connectivity index (χ4n) is 2.90. The van der Waals surface area contributed by atoms with Crippen molar-refractivity contribution in [2.45, 2.75) is 37.8 Å². The van der Waals surface area contributed by atoms with E-state index in [0.717, 1.165) is 12.0 Å². The third-order valence-electron chi connectivity index (χ3n) is 4.29. The largest absolute Gasteiger partial charge is 0.328 e. The molecule has 15 heavy (non-hydrogen) atoms. The maximum absolute atomic E-state index is 5.84. The number of nitrogens with two attached hydrogens (primary N) is 1. The standard InChI is InChI=1S/C12H23N3/c13-11-7-12(8-11)15-5-3-14(4-6-15)9-10-1-2-10/h10-12H,1-9,13H2. The molecule has 3 aliphatic rings. The van der Waals surface area contributed by atoms with Gasteiger partial charge in [-0.2, -0.15) is 0 Å². The summed E-state index contributed by atoms with van der Waals surface area (Å²) >= 11 is 0. The van der Waals surface area contributed by atoms with Crippen molar-refractivity contribution in [3.05, 3.63) is 0 Å².